The summed E-state index contributed by atoms with van der Waals surface area (Å²) in [6.07, 6.45) is 0. The number of rotatable bonds is 3. The zero-order chi connectivity index (χ0) is 16.6. The average Bonchev–Trinajstić information content (AvgIpc) is 2.55. The Bertz CT molecular complexity index is 936. The van der Waals surface area contributed by atoms with Gasteiger partial charge in [0.25, 0.3) is 0 Å². The molecule has 4 nitrogen and oxygen atoms in total. The molecule has 0 spiro atoms. The molecule has 0 unspecified atom stereocenters. The number of carbonyl (C=O) groups is 2. The number of hydrogen-bond acceptors (Lipinski definition) is 3. The number of ketones is 1. The molecule has 0 heterocycles. The first-order chi connectivity index (χ1) is 11.0. The SMILES string of the molecule is Cc1ccc(O)c(C(=O)c2cccc3cccc(C(=O)O)c23)c1. The van der Waals surface area contributed by atoms with Crippen LogP contribution in [0.25, 0.3) is 10.8 Å². The molecule has 0 radical (unpaired) electrons. The number of phenolic OH excluding ortho intramolecular Hbond substituents is 1. The number of aromatic carboxylic acids is 1. The molecule has 4 heteroatoms. The highest BCUT2D eigenvalue weighted by Crippen LogP contribution is 2.28. The molecule has 0 aliphatic rings. The van der Waals surface area contributed by atoms with E-state index in [2.05, 4.69) is 0 Å². The molecule has 0 aliphatic carbocycles. The summed E-state index contributed by atoms with van der Waals surface area (Å²) in [7, 11) is 0. The number of benzene rings is 3. The van der Waals surface area contributed by atoms with Crippen LogP contribution in [0.2, 0.25) is 0 Å². The van der Waals surface area contributed by atoms with Crippen molar-refractivity contribution in [3.05, 3.63) is 76.9 Å². The van der Waals surface area contributed by atoms with Gasteiger partial charge >= 0.3 is 5.97 Å². The van der Waals surface area contributed by atoms with E-state index in [4.69, 9.17) is 0 Å². The molecule has 2 N–H and O–H groups in total. The monoisotopic (exact) mass is 306 g/mol. The van der Waals surface area contributed by atoms with Crippen molar-refractivity contribution in [2.75, 3.05) is 0 Å². The van der Waals surface area contributed by atoms with E-state index >= 15 is 0 Å². The number of carbonyl (C=O) groups excluding carboxylic acids is 1. The first kappa shape index (κ1) is 14.8. The van der Waals surface area contributed by atoms with Gasteiger partial charge in [0.05, 0.1) is 11.1 Å². The molecule has 23 heavy (non-hydrogen) atoms. The Kier molecular flexibility index (Phi) is 3.58. The van der Waals surface area contributed by atoms with Crippen LogP contribution in [0.5, 0.6) is 5.75 Å². The fourth-order valence-corrected chi connectivity index (χ4v) is 2.69. The fraction of sp³-hybridized carbons (Fsp3) is 0.0526. The van der Waals surface area contributed by atoms with Gasteiger partial charge in [0.2, 0.25) is 0 Å². The highest BCUT2D eigenvalue weighted by Gasteiger charge is 2.19. The van der Waals surface area contributed by atoms with Gasteiger partial charge in [-0.3, -0.25) is 4.79 Å². The third-order valence-electron chi connectivity index (χ3n) is 3.78. The molecule has 114 valence electrons. The van der Waals surface area contributed by atoms with E-state index in [-0.39, 0.29) is 22.4 Å². The standard InChI is InChI=1S/C19H14O4/c1-11-8-9-16(20)15(10-11)18(21)13-6-2-4-12-5-3-7-14(17(12)13)19(22)23/h2-10,20H,1H3,(H,22,23). The van der Waals surface area contributed by atoms with Crippen LogP contribution in [0.3, 0.4) is 0 Å². The van der Waals surface area contributed by atoms with Gasteiger partial charge in [0.15, 0.2) is 5.78 Å². The van der Waals surface area contributed by atoms with Gasteiger partial charge in [-0.15, -0.1) is 0 Å². The van der Waals surface area contributed by atoms with Gasteiger partial charge in [-0.1, -0.05) is 42.0 Å². The lowest BCUT2D eigenvalue weighted by molar-refractivity contribution is 0.0699. The van der Waals surface area contributed by atoms with E-state index < -0.39 is 11.8 Å². The summed E-state index contributed by atoms with van der Waals surface area (Å²) in [4.78, 5) is 24.3. The van der Waals surface area contributed by atoms with E-state index in [0.29, 0.717) is 10.8 Å². The Balaban J connectivity index is 2.30. The average molecular weight is 306 g/mol. The van der Waals surface area contributed by atoms with Crippen LogP contribution in [0.1, 0.15) is 31.8 Å². The largest absolute Gasteiger partial charge is 0.507 e. The normalized spacial score (nSPS) is 10.7. The second-order valence-electron chi connectivity index (χ2n) is 5.36. The molecule has 0 saturated carbocycles. The predicted octanol–water partition coefficient (Wildman–Crippen LogP) is 3.78. The lowest BCUT2D eigenvalue weighted by Gasteiger charge is -2.10. The van der Waals surface area contributed by atoms with E-state index in [1.807, 2.05) is 6.92 Å². The Labute approximate surface area is 132 Å². The number of aryl methyl sites for hydroxylation is 1. The molecule has 0 amide bonds. The summed E-state index contributed by atoms with van der Waals surface area (Å²) in [6, 6.07) is 14.7. The van der Waals surface area contributed by atoms with E-state index in [1.54, 1.807) is 42.5 Å². The van der Waals surface area contributed by atoms with E-state index in [0.717, 1.165) is 5.56 Å². The first-order valence-corrected chi connectivity index (χ1v) is 7.08. The van der Waals surface area contributed by atoms with Crippen molar-refractivity contribution in [1.29, 1.82) is 0 Å². The molecular formula is C19H14O4. The van der Waals surface area contributed by atoms with Gasteiger partial charge in [-0.05, 0) is 30.5 Å². The molecule has 0 bridgehead atoms. The van der Waals surface area contributed by atoms with Gasteiger partial charge in [-0.2, -0.15) is 0 Å². The Hall–Kier alpha value is -3.14. The van der Waals surface area contributed by atoms with Crippen LogP contribution in [0, 0.1) is 6.92 Å². The third kappa shape index (κ3) is 2.55. The molecule has 3 aromatic carbocycles. The Morgan fingerprint density at radius 1 is 0.870 bits per heavy atom. The van der Waals surface area contributed by atoms with Crippen LogP contribution >= 0.6 is 0 Å². The van der Waals surface area contributed by atoms with Crippen molar-refractivity contribution < 1.29 is 19.8 Å². The summed E-state index contributed by atoms with van der Waals surface area (Å²) in [5, 5.41) is 20.4. The first-order valence-electron chi connectivity index (χ1n) is 7.08. The van der Waals surface area contributed by atoms with Gasteiger partial charge in [0.1, 0.15) is 5.75 Å². The number of aromatic hydroxyl groups is 1. The summed E-state index contributed by atoms with van der Waals surface area (Å²) in [5.74, 6) is -1.61. The molecular weight excluding hydrogens is 292 g/mol. The number of hydrogen-bond donors (Lipinski definition) is 2. The third-order valence-corrected chi connectivity index (χ3v) is 3.78. The topological polar surface area (TPSA) is 74.6 Å². The maximum absolute atomic E-state index is 12.9. The smallest absolute Gasteiger partial charge is 0.336 e. The minimum absolute atomic E-state index is 0.0681. The number of carboxylic acids is 1. The van der Waals surface area contributed by atoms with E-state index in [1.165, 1.54) is 12.1 Å². The molecule has 0 aromatic heterocycles. The predicted molar refractivity (Wildman–Crippen MR) is 87.2 cm³/mol. The minimum atomic E-state index is -1.09. The van der Waals surface area contributed by atoms with Gasteiger partial charge in [0, 0.05) is 10.9 Å². The van der Waals surface area contributed by atoms with Crippen LogP contribution in [0.4, 0.5) is 0 Å². The second-order valence-corrected chi connectivity index (χ2v) is 5.36. The molecule has 0 fully saturated rings. The van der Waals surface area contributed by atoms with Gasteiger partial charge < -0.3 is 10.2 Å². The van der Waals surface area contributed by atoms with Crippen molar-refractivity contribution in [1.82, 2.24) is 0 Å². The Morgan fingerprint density at radius 2 is 1.52 bits per heavy atom. The second kappa shape index (κ2) is 5.57. The summed E-state index contributed by atoms with van der Waals surface area (Å²) in [6.45, 7) is 1.82. The fourth-order valence-electron chi connectivity index (χ4n) is 2.69. The van der Waals surface area contributed by atoms with E-state index in [9.17, 15) is 19.8 Å². The maximum atomic E-state index is 12.9. The molecule has 3 aromatic rings. The summed E-state index contributed by atoms with van der Waals surface area (Å²) >= 11 is 0. The van der Waals surface area contributed by atoms with Crippen molar-refractivity contribution in [3.8, 4) is 5.75 Å². The van der Waals surface area contributed by atoms with Crippen LogP contribution in [-0.2, 0) is 0 Å². The van der Waals surface area contributed by atoms with Crippen LogP contribution < -0.4 is 0 Å². The van der Waals surface area contributed by atoms with Crippen molar-refractivity contribution in [2.45, 2.75) is 6.92 Å². The molecule has 0 aliphatic heterocycles. The zero-order valence-corrected chi connectivity index (χ0v) is 12.4. The lowest BCUT2D eigenvalue weighted by atomic mass is 9.93. The maximum Gasteiger partial charge on any atom is 0.336 e. The summed E-state index contributed by atoms with van der Waals surface area (Å²) in [5.41, 5.74) is 1.34. The summed E-state index contributed by atoms with van der Waals surface area (Å²) < 4.78 is 0. The Morgan fingerprint density at radius 3 is 2.17 bits per heavy atom. The molecule has 0 atom stereocenters. The van der Waals surface area contributed by atoms with Crippen molar-refractivity contribution in [3.63, 3.8) is 0 Å². The number of fused-ring (bicyclic) bond motifs is 1. The highest BCUT2D eigenvalue weighted by molar-refractivity contribution is 6.21. The number of carboxylic acid groups (broad SMARTS) is 1. The van der Waals surface area contributed by atoms with Crippen LogP contribution in [-0.4, -0.2) is 22.0 Å². The molecule has 0 saturated heterocycles. The molecule has 3 rings (SSSR count). The highest BCUT2D eigenvalue weighted by atomic mass is 16.4. The van der Waals surface area contributed by atoms with Gasteiger partial charge in [-0.25, -0.2) is 4.79 Å². The van der Waals surface area contributed by atoms with Crippen molar-refractivity contribution in [2.24, 2.45) is 0 Å². The zero-order valence-electron chi connectivity index (χ0n) is 12.4. The van der Waals surface area contributed by atoms with Crippen LogP contribution in [0.15, 0.2) is 54.6 Å². The number of phenols is 1. The minimum Gasteiger partial charge on any atom is -0.507 e. The quantitative estimate of drug-likeness (QED) is 0.722. The lowest BCUT2D eigenvalue weighted by Crippen LogP contribution is -2.06. The van der Waals surface area contributed by atoms with Crippen molar-refractivity contribution >= 4 is 22.5 Å².